The quantitative estimate of drug-likeness (QED) is 0.860. The predicted octanol–water partition coefficient (Wildman–Crippen LogP) is 2.81. The first-order valence-electron chi connectivity index (χ1n) is 6.48. The van der Waals surface area contributed by atoms with Gasteiger partial charge in [0, 0.05) is 36.8 Å². The molecule has 0 N–H and O–H groups in total. The highest BCUT2D eigenvalue weighted by atomic mass is 32.1. The van der Waals surface area contributed by atoms with E-state index in [9.17, 15) is 0 Å². The molecule has 2 aromatic rings. The molecule has 1 aliphatic rings. The molecule has 1 atom stereocenters. The van der Waals surface area contributed by atoms with E-state index in [1.165, 1.54) is 22.8 Å². The van der Waals surface area contributed by atoms with Gasteiger partial charge in [-0.1, -0.05) is 18.2 Å². The van der Waals surface area contributed by atoms with Crippen LogP contribution < -0.4 is 4.90 Å². The Balaban J connectivity index is 1.87. The van der Waals surface area contributed by atoms with Crippen molar-refractivity contribution in [2.45, 2.75) is 25.8 Å². The van der Waals surface area contributed by atoms with Crippen LogP contribution in [0, 0.1) is 0 Å². The second kappa shape index (κ2) is 5.27. The molecular formula is C14H17N3OS. The number of anilines is 2. The Labute approximate surface area is 117 Å². The smallest absolute Gasteiger partial charge is 0.209 e. The lowest BCUT2D eigenvalue weighted by atomic mass is 10.1. The zero-order chi connectivity index (χ0) is 13.2. The number of methoxy groups -OCH3 is 1. The van der Waals surface area contributed by atoms with Gasteiger partial charge < -0.3 is 9.64 Å². The fourth-order valence-corrected chi connectivity index (χ4v) is 3.33. The molecule has 0 aliphatic carbocycles. The maximum Gasteiger partial charge on any atom is 0.209 e. The normalized spacial score (nSPS) is 17.8. The molecule has 0 spiro atoms. The van der Waals surface area contributed by atoms with Crippen LogP contribution >= 0.6 is 11.5 Å². The summed E-state index contributed by atoms with van der Waals surface area (Å²) in [5.41, 5.74) is 2.66. The Hall–Kier alpha value is -1.46. The third kappa shape index (κ3) is 2.35. The molecule has 1 unspecified atom stereocenters. The molecule has 5 heteroatoms. The molecule has 0 fully saturated rings. The summed E-state index contributed by atoms with van der Waals surface area (Å²) in [7, 11) is 1.70. The number of para-hydroxylation sites is 1. The van der Waals surface area contributed by atoms with Crippen LogP contribution in [0.1, 0.15) is 18.3 Å². The Morgan fingerprint density at radius 2 is 2.26 bits per heavy atom. The summed E-state index contributed by atoms with van der Waals surface area (Å²) < 4.78 is 9.48. The summed E-state index contributed by atoms with van der Waals surface area (Å²) in [6.45, 7) is 2.90. The van der Waals surface area contributed by atoms with Gasteiger partial charge in [0.1, 0.15) is 5.82 Å². The molecule has 1 aromatic carbocycles. The van der Waals surface area contributed by atoms with Crippen molar-refractivity contribution in [2.24, 2.45) is 0 Å². The summed E-state index contributed by atoms with van der Waals surface area (Å²) in [6, 6.07) is 8.98. The second-order valence-corrected chi connectivity index (χ2v) is 5.52. The van der Waals surface area contributed by atoms with E-state index >= 15 is 0 Å². The first-order valence-corrected chi connectivity index (χ1v) is 7.25. The van der Waals surface area contributed by atoms with Gasteiger partial charge in [0.15, 0.2) is 0 Å². The van der Waals surface area contributed by atoms with Crippen molar-refractivity contribution in [2.75, 3.05) is 18.6 Å². The number of hydrogen-bond donors (Lipinski definition) is 0. The Morgan fingerprint density at radius 3 is 3.11 bits per heavy atom. The van der Waals surface area contributed by atoms with Gasteiger partial charge in [-0.3, -0.25) is 0 Å². The number of ether oxygens (including phenoxy) is 1. The van der Waals surface area contributed by atoms with Crippen LogP contribution in [0.2, 0.25) is 0 Å². The van der Waals surface area contributed by atoms with Crippen LogP contribution in [0.25, 0.3) is 0 Å². The molecule has 0 bridgehead atoms. The average molecular weight is 275 g/mol. The first kappa shape index (κ1) is 12.6. The largest absolute Gasteiger partial charge is 0.384 e. The third-order valence-electron chi connectivity index (χ3n) is 3.40. The fraction of sp³-hybridized carbons (Fsp3) is 0.429. The van der Waals surface area contributed by atoms with Crippen LogP contribution in [0.3, 0.4) is 0 Å². The summed E-state index contributed by atoms with van der Waals surface area (Å²) >= 11 is 1.47. The lowest BCUT2D eigenvalue weighted by Crippen LogP contribution is -2.23. The Kier molecular flexibility index (Phi) is 3.48. The van der Waals surface area contributed by atoms with E-state index in [0.717, 1.165) is 23.8 Å². The van der Waals surface area contributed by atoms with E-state index in [4.69, 9.17) is 4.74 Å². The minimum absolute atomic E-state index is 0.445. The molecule has 1 aromatic heterocycles. The second-order valence-electron chi connectivity index (χ2n) is 4.79. The zero-order valence-electron chi connectivity index (χ0n) is 11.2. The maximum atomic E-state index is 5.07. The van der Waals surface area contributed by atoms with E-state index in [2.05, 4.69) is 45.4 Å². The number of aromatic nitrogens is 2. The Bertz CT molecular complexity index is 569. The molecule has 0 saturated heterocycles. The van der Waals surface area contributed by atoms with E-state index in [1.807, 2.05) is 0 Å². The van der Waals surface area contributed by atoms with Crippen LogP contribution in [-0.2, 0) is 17.6 Å². The van der Waals surface area contributed by atoms with Crippen LogP contribution in [0.5, 0.6) is 0 Å². The lowest BCUT2D eigenvalue weighted by molar-refractivity contribution is 0.201. The summed E-state index contributed by atoms with van der Waals surface area (Å²) in [6.07, 6.45) is 1.85. The number of nitrogens with zero attached hydrogens (tertiary/aromatic N) is 3. The molecule has 3 rings (SSSR count). The van der Waals surface area contributed by atoms with Gasteiger partial charge >= 0.3 is 0 Å². The highest BCUT2D eigenvalue weighted by Crippen LogP contribution is 2.38. The molecule has 1 aliphatic heterocycles. The monoisotopic (exact) mass is 275 g/mol. The minimum atomic E-state index is 0.445. The molecule has 4 nitrogen and oxygen atoms in total. The van der Waals surface area contributed by atoms with Crippen molar-refractivity contribution in [1.82, 2.24) is 9.36 Å². The predicted molar refractivity (Wildman–Crippen MR) is 77.2 cm³/mol. The van der Waals surface area contributed by atoms with Crippen molar-refractivity contribution < 1.29 is 4.74 Å². The van der Waals surface area contributed by atoms with Crippen LogP contribution in [-0.4, -0.2) is 29.1 Å². The summed E-state index contributed by atoms with van der Waals surface area (Å²) in [5.74, 6) is 0.874. The van der Waals surface area contributed by atoms with Gasteiger partial charge in [-0.25, -0.2) is 4.98 Å². The SMILES string of the molecule is COCCc1nsc(N2c3ccccc3CC2C)n1. The van der Waals surface area contributed by atoms with Crippen molar-refractivity contribution in [3.63, 3.8) is 0 Å². The standard InChI is InChI=1S/C14H17N3OS/c1-10-9-11-5-3-4-6-12(11)17(10)14-15-13(16-19-14)7-8-18-2/h3-6,10H,7-9H2,1-2H3. The van der Waals surface area contributed by atoms with E-state index in [0.29, 0.717) is 12.6 Å². The number of rotatable bonds is 4. The maximum absolute atomic E-state index is 5.07. The van der Waals surface area contributed by atoms with E-state index in [-0.39, 0.29) is 0 Å². The molecular weight excluding hydrogens is 258 g/mol. The van der Waals surface area contributed by atoms with E-state index in [1.54, 1.807) is 7.11 Å². The molecule has 0 saturated carbocycles. The average Bonchev–Trinajstić information content (AvgIpc) is 2.99. The molecule has 0 radical (unpaired) electrons. The van der Waals surface area contributed by atoms with Gasteiger partial charge in [0.25, 0.3) is 0 Å². The highest BCUT2D eigenvalue weighted by Gasteiger charge is 2.29. The molecule has 19 heavy (non-hydrogen) atoms. The Morgan fingerprint density at radius 1 is 1.42 bits per heavy atom. The van der Waals surface area contributed by atoms with E-state index < -0.39 is 0 Å². The van der Waals surface area contributed by atoms with Crippen LogP contribution in [0.15, 0.2) is 24.3 Å². The van der Waals surface area contributed by atoms with Crippen LogP contribution in [0.4, 0.5) is 10.8 Å². The number of benzene rings is 1. The number of fused-ring (bicyclic) bond motifs is 1. The fourth-order valence-electron chi connectivity index (χ4n) is 2.49. The third-order valence-corrected chi connectivity index (χ3v) is 4.15. The molecule has 0 amide bonds. The van der Waals surface area contributed by atoms with Gasteiger partial charge in [-0.15, -0.1) is 0 Å². The highest BCUT2D eigenvalue weighted by molar-refractivity contribution is 7.09. The van der Waals surface area contributed by atoms with Gasteiger partial charge in [-0.05, 0) is 25.0 Å². The molecule has 2 heterocycles. The first-order chi connectivity index (χ1) is 9.29. The van der Waals surface area contributed by atoms with Crippen molar-refractivity contribution in [3.05, 3.63) is 35.7 Å². The number of hydrogen-bond acceptors (Lipinski definition) is 5. The van der Waals surface area contributed by atoms with Gasteiger partial charge in [0.05, 0.1) is 6.61 Å². The van der Waals surface area contributed by atoms with Gasteiger partial charge in [-0.2, -0.15) is 4.37 Å². The zero-order valence-corrected chi connectivity index (χ0v) is 12.0. The summed E-state index contributed by atoms with van der Waals surface area (Å²) in [4.78, 5) is 6.93. The lowest BCUT2D eigenvalue weighted by Gasteiger charge is -2.20. The van der Waals surface area contributed by atoms with Crippen molar-refractivity contribution in [1.29, 1.82) is 0 Å². The minimum Gasteiger partial charge on any atom is -0.384 e. The summed E-state index contributed by atoms with van der Waals surface area (Å²) in [5, 5.41) is 0.989. The van der Waals surface area contributed by atoms with Crippen molar-refractivity contribution >= 4 is 22.4 Å². The molecule has 100 valence electrons. The topological polar surface area (TPSA) is 38.2 Å². The van der Waals surface area contributed by atoms with Crippen molar-refractivity contribution in [3.8, 4) is 0 Å². The van der Waals surface area contributed by atoms with Gasteiger partial charge in [0.2, 0.25) is 5.13 Å².